The molecule has 6 nitrogen and oxygen atoms in total. The number of aliphatic hydroxyl groups excluding tert-OH is 1. The van der Waals surface area contributed by atoms with Gasteiger partial charge in [-0.15, -0.1) is 0 Å². The lowest BCUT2D eigenvalue weighted by Crippen LogP contribution is -2.33. The molecule has 3 rings (SSSR count). The molecule has 128 valence electrons. The number of β-amino-alcohol motifs (C(OH)–C–C–N with tert-alkyl or cyclic N) is 1. The van der Waals surface area contributed by atoms with E-state index in [2.05, 4.69) is 10.2 Å². The number of amides is 1. The van der Waals surface area contributed by atoms with Crippen LogP contribution in [0.2, 0.25) is 5.02 Å². The van der Waals surface area contributed by atoms with Crippen molar-refractivity contribution in [1.29, 1.82) is 0 Å². The molecule has 1 aromatic carbocycles. The average Bonchev–Trinajstić information content (AvgIpc) is 3.13. The average molecular weight is 350 g/mol. The summed E-state index contributed by atoms with van der Waals surface area (Å²) in [6, 6.07) is 8.99. The third-order valence-electron chi connectivity index (χ3n) is 4.18. The highest BCUT2D eigenvalue weighted by Gasteiger charge is 2.34. The minimum atomic E-state index is -0.550. The van der Waals surface area contributed by atoms with Gasteiger partial charge in [-0.3, -0.25) is 9.89 Å². The van der Waals surface area contributed by atoms with Gasteiger partial charge in [0.2, 0.25) is 0 Å². The Kier molecular flexibility index (Phi) is 5.06. The number of aromatic amines is 1. The van der Waals surface area contributed by atoms with Crippen molar-refractivity contribution in [1.82, 2.24) is 15.1 Å². The number of para-hydroxylation sites is 1. The summed E-state index contributed by atoms with van der Waals surface area (Å²) in [5, 5.41) is 17.8. The summed E-state index contributed by atoms with van der Waals surface area (Å²) in [6.07, 6.45) is 0.0898. The highest BCUT2D eigenvalue weighted by molar-refractivity contribution is 6.32. The van der Waals surface area contributed by atoms with E-state index in [1.54, 1.807) is 29.2 Å². The summed E-state index contributed by atoms with van der Waals surface area (Å²) < 4.78 is 5.48. The van der Waals surface area contributed by atoms with Crippen molar-refractivity contribution in [2.24, 2.45) is 5.92 Å². The zero-order valence-corrected chi connectivity index (χ0v) is 14.2. The Labute approximate surface area is 145 Å². The van der Waals surface area contributed by atoms with Crippen LogP contribution in [-0.4, -0.2) is 51.9 Å². The second-order valence-corrected chi connectivity index (χ2v) is 6.50. The van der Waals surface area contributed by atoms with Crippen molar-refractivity contribution in [3.05, 3.63) is 46.7 Å². The number of halogens is 1. The first-order valence-electron chi connectivity index (χ1n) is 7.87. The van der Waals surface area contributed by atoms with Crippen LogP contribution >= 0.6 is 11.6 Å². The van der Waals surface area contributed by atoms with Crippen LogP contribution in [0.5, 0.6) is 5.75 Å². The normalized spacial score (nSPS) is 20.4. The molecule has 7 heteroatoms. The topological polar surface area (TPSA) is 78.5 Å². The Morgan fingerprint density at radius 2 is 2.25 bits per heavy atom. The fourth-order valence-corrected chi connectivity index (χ4v) is 3.09. The van der Waals surface area contributed by atoms with Crippen LogP contribution in [0.15, 0.2) is 30.3 Å². The van der Waals surface area contributed by atoms with Gasteiger partial charge < -0.3 is 14.7 Å². The first-order valence-corrected chi connectivity index (χ1v) is 8.25. The molecule has 24 heavy (non-hydrogen) atoms. The molecule has 0 bridgehead atoms. The first-order chi connectivity index (χ1) is 11.5. The largest absolute Gasteiger partial charge is 0.482 e. The zero-order valence-electron chi connectivity index (χ0n) is 13.4. The summed E-state index contributed by atoms with van der Waals surface area (Å²) in [4.78, 5) is 13.9. The molecule has 2 unspecified atom stereocenters. The fraction of sp³-hybridized carbons (Fsp3) is 0.412. The number of benzene rings is 1. The van der Waals surface area contributed by atoms with Gasteiger partial charge in [-0.05, 0) is 31.5 Å². The smallest absolute Gasteiger partial charge is 0.260 e. The Morgan fingerprint density at radius 1 is 1.46 bits per heavy atom. The Morgan fingerprint density at radius 3 is 2.96 bits per heavy atom. The lowest BCUT2D eigenvalue weighted by molar-refractivity contribution is -0.132. The van der Waals surface area contributed by atoms with E-state index in [0.717, 1.165) is 11.4 Å². The van der Waals surface area contributed by atoms with E-state index < -0.39 is 6.10 Å². The van der Waals surface area contributed by atoms with Crippen LogP contribution in [-0.2, 0) is 11.2 Å². The summed E-state index contributed by atoms with van der Waals surface area (Å²) in [5.41, 5.74) is 1.89. The van der Waals surface area contributed by atoms with Crippen LogP contribution < -0.4 is 4.74 Å². The van der Waals surface area contributed by atoms with Gasteiger partial charge in [0.1, 0.15) is 5.75 Å². The second kappa shape index (κ2) is 7.23. The standard InChI is InChI=1S/C17H20ClN3O3/c1-11-6-13(20-19-11)7-12-8-21(9-15(12)22)17(23)10-24-16-5-3-2-4-14(16)18/h2-6,12,15,22H,7-10H2,1H3,(H,19,20). The van der Waals surface area contributed by atoms with Crippen molar-refractivity contribution in [2.45, 2.75) is 19.4 Å². The maximum absolute atomic E-state index is 12.3. The Balaban J connectivity index is 1.54. The molecule has 0 saturated carbocycles. The quantitative estimate of drug-likeness (QED) is 0.863. The molecule has 2 atom stereocenters. The van der Waals surface area contributed by atoms with E-state index in [1.807, 2.05) is 13.0 Å². The number of H-pyrrole nitrogens is 1. The molecule has 2 heterocycles. The van der Waals surface area contributed by atoms with Gasteiger partial charge in [-0.2, -0.15) is 5.10 Å². The molecule has 1 aliphatic rings. The number of ether oxygens (including phenoxy) is 1. The summed E-state index contributed by atoms with van der Waals surface area (Å²) >= 11 is 6.01. The molecule has 1 amide bonds. The number of hydrogen-bond acceptors (Lipinski definition) is 4. The van der Waals surface area contributed by atoms with Crippen molar-refractivity contribution >= 4 is 17.5 Å². The minimum absolute atomic E-state index is 0.0167. The number of aromatic nitrogens is 2. The van der Waals surface area contributed by atoms with Gasteiger partial charge in [0.25, 0.3) is 5.91 Å². The van der Waals surface area contributed by atoms with Crippen molar-refractivity contribution < 1.29 is 14.6 Å². The van der Waals surface area contributed by atoms with Gasteiger partial charge in [0.15, 0.2) is 6.61 Å². The number of carbonyl (C=O) groups is 1. The summed E-state index contributed by atoms with van der Waals surface area (Å²) in [5.74, 6) is 0.308. The zero-order chi connectivity index (χ0) is 17.1. The van der Waals surface area contributed by atoms with Crippen LogP contribution in [0, 0.1) is 12.8 Å². The minimum Gasteiger partial charge on any atom is -0.482 e. The number of aryl methyl sites for hydroxylation is 1. The molecule has 0 aliphatic carbocycles. The lowest BCUT2D eigenvalue weighted by atomic mass is 10.0. The van der Waals surface area contributed by atoms with E-state index in [9.17, 15) is 9.90 Å². The van der Waals surface area contributed by atoms with Crippen LogP contribution in [0.4, 0.5) is 0 Å². The summed E-state index contributed by atoms with van der Waals surface area (Å²) in [6.45, 7) is 2.66. The maximum Gasteiger partial charge on any atom is 0.260 e. The van der Waals surface area contributed by atoms with Gasteiger partial charge in [-0.1, -0.05) is 23.7 Å². The molecular weight excluding hydrogens is 330 g/mol. The molecular formula is C17H20ClN3O3. The molecule has 2 aromatic rings. The third kappa shape index (κ3) is 3.88. The molecule has 1 fully saturated rings. The Bertz CT molecular complexity index is 719. The number of rotatable bonds is 5. The molecule has 1 saturated heterocycles. The van der Waals surface area contributed by atoms with Crippen LogP contribution in [0.25, 0.3) is 0 Å². The molecule has 0 spiro atoms. The number of aliphatic hydroxyl groups is 1. The molecule has 1 aliphatic heterocycles. The second-order valence-electron chi connectivity index (χ2n) is 6.09. The first kappa shape index (κ1) is 16.8. The van der Waals surface area contributed by atoms with Crippen LogP contribution in [0.1, 0.15) is 11.4 Å². The van der Waals surface area contributed by atoms with Crippen molar-refractivity contribution in [3.8, 4) is 5.75 Å². The predicted molar refractivity (Wildman–Crippen MR) is 90.1 cm³/mol. The highest BCUT2D eigenvalue weighted by Crippen LogP contribution is 2.24. The fourth-order valence-electron chi connectivity index (χ4n) is 2.90. The van der Waals surface area contributed by atoms with E-state index >= 15 is 0 Å². The predicted octanol–water partition coefficient (Wildman–Crippen LogP) is 1.81. The highest BCUT2D eigenvalue weighted by atomic mass is 35.5. The van der Waals surface area contributed by atoms with E-state index in [-0.39, 0.29) is 18.4 Å². The Hall–Kier alpha value is -2.05. The van der Waals surface area contributed by atoms with E-state index in [1.165, 1.54) is 0 Å². The number of nitrogens with zero attached hydrogens (tertiary/aromatic N) is 2. The number of likely N-dealkylation sites (tertiary alicyclic amines) is 1. The molecule has 0 radical (unpaired) electrons. The van der Waals surface area contributed by atoms with Crippen molar-refractivity contribution in [2.75, 3.05) is 19.7 Å². The van der Waals surface area contributed by atoms with Gasteiger partial charge in [0.05, 0.1) is 16.8 Å². The molecule has 1 aromatic heterocycles. The van der Waals surface area contributed by atoms with Crippen LogP contribution in [0.3, 0.4) is 0 Å². The number of carbonyl (C=O) groups excluding carboxylic acids is 1. The van der Waals surface area contributed by atoms with E-state index in [0.29, 0.717) is 30.3 Å². The van der Waals surface area contributed by atoms with Gasteiger partial charge >= 0.3 is 0 Å². The summed E-state index contributed by atoms with van der Waals surface area (Å²) in [7, 11) is 0. The van der Waals surface area contributed by atoms with Gasteiger partial charge in [-0.25, -0.2) is 0 Å². The SMILES string of the molecule is Cc1cc(CC2CN(C(=O)COc3ccccc3Cl)CC2O)n[nH]1. The number of hydrogen-bond donors (Lipinski definition) is 2. The monoisotopic (exact) mass is 349 g/mol. The lowest BCUT2D eigenvalue weighted by Gasteiger charge is -2.16. The van der Waals surface area contributed by atoms with E-state index in [4.69, 9.17) is 16.3 Å². The van der Waals surface area contributed by atoms with Gasteiger partial charge in [0, 0.05) is 24.7 Å². The third-order valence-corrected chi connectivity index (χ3v) is 4.49. The molecule has 2 N–H and O–H groups in total. The number of nitrogens with one attached hydrogen (secondary N) is 1. The van der Waals surface area contributed by atoms with Crippen molar-refractivity contribution in [3.63, 3.8) is 0 Å². The maximum atomic E-state index is 12.3.